The van der Waals surface area contributed by atoms with Gasteiger partial charge in [-0.3, -0.25) is 19.2 Å². The fourth-order valence-corrected chi connectivity index (χ4v) is 3.67. The Balaban J connectivity index is 2.59. The Hall–Kier alpha value is -2.59. The fraction of sp³-hybridized carbons (Fsp3) is 0.500. The maximum atomic E-state index is 11.9. The monoisotopic (exact) mass is 440 g/mol. The topological polar surface area (TPSA) is 114 Å². The molecule has 10 heteroatoms. The van der Waals surface area contributed by atoms with Crippen molar-refractivity contribution in [3.05, 3.63) is 35.9 Å². The first kappa shape index (κ1) is 23.7. The third kappa shape index (κ3) is 5.73. The predicted molar refractivity (Wildman–Crippen MR) is 105 cm³/mol. The van der Waals surface area contributed by atoms with Gasteiger partial charge in [-0.25, -0.2) is 0 Å². The summed E-state index contributed by atoms with van der Waals surface area (Å²) >= 11 is 4.65. The normalized spacial score (nSPS) is 28.2. The third-order valence-corrected chi connectivity index (χ3v) is 4.86. The summed E-state index contributed by atoms with van der Waals surface area (Å²) in [5.74, 6) is -2.67. The van der Waals surface area contributed by atoms with Crippen LogP contribution in [0.2, 0.25) is 0 Å². The predicted octanol–water partition coefficient (Wildman–Crippen LogP) is 1.53. The number of hydrogen-bond donors (Lipinski definition) is 1. The summed E-state index contributed by atoms with van der Waals surface area (Å²) in [6, 6.07) is 8.59. The quantitative estimate of drug-likeness (QED) is 0.399. The van der Waals surface area contributed by atoms with E-state index in [-0.39, 0.29) is 6.61 Å². The van der Waals surface area contributed by atoms with E-state index in [1.165, 1.54) is 13.8 Å². The molecule has 1 saturated heterocycles. The van der Waals surface area contributed by atoms with Crippen molar-refractivity contribution < 1.29 is 42.9 Å². The van der Waals surface area contributed by atoms with Crippen molar-refractivity contribution in [2.45, 2.75) is 57.0 Å². The van der Waals surface area contributed by atoms with Crippen molar-refractivity contribution in [1.29, 1.82) is 0 Å². The largest absolute Gasteiger partial charge is 0.463 e. The Morgan fingerprint density at radius 3 is 1.90 bits per heavy atom. The Labute approximate surface area is 179 Å². The second kappa shape index (κ2) is 9.94. The number of carbonyl (C=O) groups is 4. The molecule has 0 radical (unpaired) electrons. The molecule has 0 aliphatic carbocycles. The molecule has 0 unspecified atom stereocenters. The molecule has 0 amide bonds. The van der Waals surface area contributed by atoms with Crippen LogP contribution in [-0.4, -0.2) is 54.9 Å². The van der Waals surface area contributed by atoms with Crippen LogP contribution in [0.4, 0.5) is 0 Å². The smallest absolute Gasteiger partial charge is 0.303 e. The van der Waals surface area contributed by atoms with Crippen LogP contribution in [0.3, 0.4) is 0 Å². The van der Waals surface area contributed by atoms with E-state index in [0.717, 1.165) is 13.8 Å². The molecule has 5 atom stereocenters. The highest BCUT2D eigenvalue weighted by atomic mass is 32.1. The van der Waals surface area contributed by atoms with Gasteiger partial charge >= 0.3 is 23.9 Å². The molecule has 164 valence electrons. The van der Waals surface area contributed by atoms with Gasteiger partial charge in [0.05, 0.1) is 0 Å². The van der Waals surface area contributed by atoms with Crippen molar-refractivity contribution in [2.75, 3.05) is 6.61 Å². The Morgan fingerprint density at radius 1 is 0.867 bits per heavy atom. The van der Waals surface area contributed by atoms with Gasteiger partial charge in [0, 0.05) is 27.7 Å². The summed E-state index contributed by atoms with van der Waals surface area (Å²) < 4.78 is 27.3. The van der Waals surface area contributed by atoms with E-state index in [1.807, 2.05) is 0 Å². The van der Waals surface area contributed by atoms with E-state index in [0.29, 0.717) is 5.56 Å². The van der Waals surface area contributed by atoms with Gasteiger partial charge in [-0.05, 0) is 5.56 Å². The van der Waals surface area contributed by atoms with Crippen LogP contribution in [0, 0.1) is 0 Å². The summed E-state index contributed by atoms with van der Waals surface area (Å²) in [6.45, 7) is 4.39. The second-order valence-electron chi connectivity index (χ2n) is 6.70. The summed E-state index contributed by atoms with van der Waals surface area (Å²) in [6.07, 6.45) is -4.84. The maximum Gasteiger partial charge on any atom is 0.303 e. The lowest BCUT2D eigenvalue weighted by molar-refractivity contribution is -0.264. The number of ether oxygens (including phenoxy) is 5. The first-order chi connectivity index (χ1) is 14.0. The molecule has 1 aromatic carbocycles. The first-order valence-corrected chi connectivity index (χ1v) is 9.60. The van der Waals surface area contributed by atoms with Crippen LogP contribution in [0.15, 0.2) is 30.3 Å². The molecule has 1 aromatic rings. The SMILES string of the molecule is CC(=O)OC[C@H]1O[C@](S)(c2ccccc2)[C@H](OC(C)=O)[C@@H](OC(C)=O)[C@@H]1OC(C)=O. The summed E-state index contributed by atoms with van der Waals surface area (Å²) in [5, 5.41) is 0. The van der Waals surface area contributed by atoms with Gasteiger partial charge in [0.1, 0.15) is 12.7 Å². The molecular weight excluding hydrogens is 416 g/mol. The van der Waals surface area contributed by atoms with E-state index in [9.17, 15) is 19.2 Å². The van der Waals surface area contributed by atoms with Gasteiger partial charge in [-0.2, -0.15) is 0 Å². The van der Waals surface area contributed by atoms with E-state index in [1.54, 1.807) is 30.3 Å². The average molecular weight is 440 g/mol. The van der Waals surface area contributed by atoms with Crippen molar-refractivity contribution in [3.63, 3.8) is 0 Å². The van der Waals surface area contributed by atoms with Gasteiger partial charge in [0.25, 0.3) is 0 Å². The lowest BCUT2D eigenvalue weighted by Gasteiger charge is -2.49. The minimum absolute atomic E-state index is 0.313. The van der Waals surface area contributed by atoms with Crippen LogP contribution < -0.4 is 0 Å². The highest BCUT2D eigenvalue weighted by molar-refractivity contribution is 7.81. The molecule has 30 heavy (non-hydrogen) atoms. The van der Waals surface area contributed by atoms with E-state index in [2.05, 4.69) is 12.6 Å². The maximum absolute atomic E-state index is 11.9. The average Bonchev–Trinajstić information content (AvgIpc) is 2.65. The third-order valence-electron chi connectivity index (χ3n) is 4.24. The van der Waals surface area contributed by atoms with Gasteiger partial charge in [0.15, 0.2) is 23.2 Å². The zero-order valence-electron chi connectivity index (χ0n) is 17.0. The lowest BCUT2D eigenvalue weighted by Crippen LogP contribution is -2.64. The van der Waals surface area contributed by atoms with Crippen LogP contribution in [0.5, 0.6) is 0 Å². The number of rotatable bonds is 6. The van der Waals surface area contributed by atoms with Gasteiger partial charge in [-0.1, -0.05) is 30.3 Å². The molecule has 2 rings (SSSR count). The molecule has 1 fully saturated rings. The lowest BCUT2D eigenvalue weighted by atomic mass is 9.89. The van der Waals surface area contributed by atoms with Gasteiger partial charge in [-0.15, -0.1) is 12.6 Å². The Morgan fingerprint density at radius 2 is 1.40 bits per heavy atom. The molecule has 0 bridgehead atoms. The minimum atomic E-state index is -1.60. The van der Waals surface area contributed by atoms with Gasteiger partial charge < -0.3 is 23.7 Å². The van der Waals surface area contributed by atoms with E-state index >= 15 is 0 Å². The molecule has 0 saturated carbocycles. The molecule has 0 spiro atoms. The first-order valence-electron chi connectivity index (χ1n) is 9.15. The van der Waals surface area contributed by atoms with Crippen molar-refractivity contribution in [2.24, 2.45) is 0 Å². The number of benzene rings is 1. The zero-order chi connectivity index (χ0) is 22.5. The molecular formula is C20H24O9S. The van der Waals surface area contributed by atoms with Crippen LogP contribution in [0.25, 0.3) is 0 Å². The second-order valence-corrected chi connectivity index (χ2v) is 7.36. The number of thiol groups is 1. The van der Waals surface area contributed by atoms with Crippen LogP contribution >= 0.6 is 12.6 Å². The fourth-order valence-electron chi connectivity index (χ4n) is 3.19. The highest BCUT2D eigenvalue weighted by Crippen LogP contribution is 2.45. The zero-order valence-corrected chi connectivity index (χ0v) is 17.9. The number of carbonyl (C=O) groups excluding carboxylic acids is 4. The van der Waals surface area contributed by atoms with Crippen molar-refractivity contribution in [1.82, 2.24) is 0 Å². The van der Waals surface area contributed by atoms with Crippen molar-refractivity contribution in [3.8, 4) is 0 Å². The number of esters is 4. The van der Waals surface area contributed by atoms with Gasteiger partial charge in [0.2, 0.25) is 0 Å². The summed E-state index contributed by atoms with van der Waals surface area (Å²) in [5.41, 5.74) is 0.492. The molecule has 1 aliphatic heterocycles. The summed E-state index contributed by atoms with van der Waals surface area (Å²) in [7, 11) is 0. The standard InChI is InChI=1S/C20H24O9S/c1-11(21)25-10-16-17(26-12(2)22)18(27-13(3)23)19(28-14(4)24)20(30,29-16)15-8-6-5-7-9-15/h5-9,16-19,30H,10H2,1-4H3/t16-,17-,18+,19-,20+/m1/s1. The highest BCUT2D eigenvalue weighted by Gasteiger charge is 2.59. The van der Waals surface area contributed by atoms with Crippen LogP contribution in [-0.2, 0) is 47.8 Å². The Kier molecular flexibility index (Phi) is 7.85. The van der Waals surface area contributed by atoms with Crippen LogP contribution in [0.1, 0.15) is 33.3 Å². The minimum Gasteiger partial charge on any atom is -0.463 e. The molecule has 1 heterocycles. The van der Waals surface area contributed by atoms with Crippen molar-refractivity contribution >= 4 is 36.5 Å². The Bertz CT molecular complexity index is 797. The van der Waals surface area contributed by atoms with E-state index in [4.69, 9.17) is 23.7 Å². The summed E-state index contributed by atoms with van der Waals surface area (Å²) in [4.78, 5) is 45.2. The molecule has 9 nitrogen and oxygen atoms in total. The molecule has 0 N–H and O–H groups in total. The molecule has 0 aromatic heterocycles. The number of hydrogen-bond acceptors (Lipinski definition) is 10. The molecule has 1 aliphatic rings. The van der Waals surface area contributed by atoms with E-state index < -0.39 is 53.2 Å².